The maximum atomic E-state index is 5.31. The highest BCUT2D eigenvalue weighted by molar-refractivity contribution is 9.09. The molecule has 1 aromatic rings. The maximum absolute atomic E-state index is 5.31. The Morgan fingerprint density at radius 3 is 2.38 bits per heavy atom. The van der Waals surface area contributed by atoms with E-state index in [2.05, 4.69) is 41.9 Å². The summed E-state index contributed by atoms with van der Waals surface area (Å²) in [7, 11) is 1.72. The van der Waals surface area contributed by atoms with E-state index in [4.69, 9.17) is 4.74 Å². The van der Waals surface area contributed by atoms with Crippen LogP contribution in [0.5, 0.6) is 5.75 Å². The lowest BCUT2D eigenvalue weighted by atomic mass is 10.0. The lowest BCUT2D eigenvalue weighted by Gasteiger charge is -2.10. The van der Waals surface area contributed by atoms with Crippen molar-refractivity contribution in [2.75, 3.05) is 12.4 Å². The Morgan fingerprint density at radius 1 is 1.23 bits per heavy atom. The molecule has 0 bridgehead atoms. The van der Waals surface area contributed by atoms with Gasteiger partial charge in [-0.25, -0.2) is 0 Å². The van der Waals surface area contributed by atoms with Crippen LogP contribution in [0.1, 0.15) is 16.7 Å². The Bertz CT molecular complexity index is 294. The zero-order valence-corrected chi connectivity index (χ0v) is 9.94. The quantitative estimate of drug-likeness (QED) is 0.740. The molecule has 1 nitrogen and oxygen atoms in total. The standard InChI is InChI=1S/C11H15BrO/c1-8-6-10(4-5-12)11(13-3)7-9(8)2/h6-7H,4-5H2,1-3H3. The Morgan fingerprint density at radius 2 is 1.85 bits per heavy atom. The molecule has 0 radical (unpaired) electrons. The van der Waals surface area contributed by atoms with E-state index in [-0.39, 0.29) is 0 Å². The molecule has 0 aliphatic heterocycles. The van der Waals surface area contributed by atoms with Gasteiger partial charge in [0.15, 0.2) is 0 Å². The number of ether oxygens (including phenoxy) is 1. The fourth-order valence-electron chi connectivity index (χ4n) is 1.34. The van der Waals surface area contributed by atoms with Crippen molar-refractivity contribution >= 4 is 15.9 Å². The van der Waals surface area contributed by atoms with Crippen molar-refractivity contribution in [3.63, 3.8) is 0 Å². The van der Waals surface area contributed by atoms with Gasteiger partial charge in [-0.05, 0) is 43.0 Å². The Hall–Kier alpha value is -0.500. The highest BCUT2D eigenvalue weighted by Crippen LogP contribution is 2.23. The smallest absolute Gasteiger partial charge is 0.122 e. The molecule has 13 heavy (non-hydrogen) atoms. The van der Waals surface area contributed by atoms with Crippen molar-refractivity contribution < 1.29 is 4.74 Å². The molecular weight excluding hydrogens is 228 g/mol. The molecule has 0 saturated heterocycles. The molecule has 0 saturated carbocycles. The summed E-state index contributed by atoms with van der Waals surface area (Å²) in [5.74, 6) is 1.00. The summed E-state index contributed by atoms with van der Waals surface area (Å²) < 4.78 is 5.31. The van der Waals surface area contributed by atoms with E-state index in [0.29, 0.717) is 0 Å². The number of rotatable bonds is 3. The van der Waals surface area contributed by atoms with Crippen molar-refractivity contribution in [1.29, 1.82) is 0 Å². The van der Waals surface area contributed by atoms with Crippen LogP contribution in [0.2, 0.25) is 0 Å². The maximum Gasteiger partial charge on any atom is 0.122 e. The predicted molar refractivity (Wildman–Crippen MR) is 60.0 cm³/mol. The molecule has 0 atom stereocenters. The van der Waals surface area contributed by atoms with E-state index in [1.807, 2.05) is 0 Å². The van der Waals surface area contributed by atoms with Crippen LogP contribution in [-0.4, -0.2) is 12.4 Å². The van der Waals surface area contributed by atoms with E-state index >= 15 is 0 Å². The van der Waals surface area contributed by atoms with Crippen molar-refractivity contribution in [3.8, 4) is 5.75 Å². The normalized spacial score (nSPS) is 10.2. The highest BCUT2D eigenvalue weighted by atomic mass is 79.9. The molecule has 0 heterocycles. The summed E-state index contributed by atoms with van der Waals surface area (Å²) in [4.78, 5) is 0. The molecule has 0 spiro atoms. The van der Waals surface area contributed by atoms with Gasteiger partial charge in [0, 0.05) is 5.33 Å². The molecule has 0 N–H and O–H groups in total. The molecule has 0 aromatic heterocycles. The van der Waals surface area contributed by atoms with Gasteiger partial charge in [0.05, 0.1) is 7.11 Å². The third-order valence-electron chi connectivity index (χ3n) is 2.26. The van der Waals surface area contributed by atoms with Gasteiger partial charge in [0.1, 0.15) is 5.75 Å². The molecular formula is C11H15BrO. The number of aryl methyl sites for hydroxylation is 3. The number of hydrogen-bond acceptors (Lipinski definition) is 1. The second-order valence-electron chi connectivity index (χ2n) is 3.19. The molecule has 0 aliphatic carbocycles. The number of alkyl halides is 1. The predicted octanol–water partition coefficient (Wildman–Crippen LogP) is 3.25. The summed E-state index contributed by atoms with van der Waals surface area (Å²) in [6.45, 7) is 4.24. The van der Waals surface area contributed by atoms with E-state index in [0.717, 1.165) is 17.5 Å². The summed E-state index contributed by atoms with van der Waals surface area (Å²) >= 11 is 3.44. The molecule has 0 unspecified atom stereocenters. The SMILES string of the molecule is COc1cc(C)c(C)cc1CCBr. The van der Waals surface area contributed by atoms with Crippen LogP contribution in [0.4, 0.5) is 0 Å². The third kappa shape index (κ3) is 2.47. The van der Waals surface area contributed by atoms with Gasteiger partial charge in [0.2, 0.25) is 0 Å². The van der Waals surface area contributed by atoms with Gasteiger partial charge in [0.25, 0.3) is 0 Å². The van der Waals surface area contributed by atoms with Gasteiger partial charge in [-0.2, -0.15) is 0 Å². The van der Waals surface area contributed by atoms with Crippen LogP contribution in [-0.2, 0) is 6.42 Å². The summed E-state index contributed by atoms with van der Waals surface area (Å²) in [5.41, 5.74) is 3.90. The van der Waals surface area contributed by atoms with Crippen LogP contribution >= 0.6 is 15.9 Å². The van der Waals surface area contributed by atoms with E-state index in [1.54, 1.807) is 7.11 Å². The Kier molecular flexibility index (Phi) is 3.79. The molecule has 1 rings (SSSR count). The van der Waals surface area contributed by atoms with Crippen LogP contribution in [0.15, 0.2) is 12.1 Å². The van der Waals surface area contributed by atoms with Crippen molar-refractivity contribution in [1.82, 2.24) is 0 Å². The van der Waals surface area contributed by atoms with E-state index in [1.165, 1.54) is 16.7 Å². The number of benzene rings is 1. The van der Waals surface area contributed by atoms with Gasteiger partial charge < -0.3 is 4.74 Å². The molecule has 1 aromatic carbocycles. The molecule has 0 fully saturated rings. The van der Waals surface area contributed by atoms with Gasteiger partial charge in [-0.1, -0.05) is 22.0 Å². The largest absolute Gasteiger partial charge is 0.496 e. The summed E-state index contributed by atoms with van der Waals surface area (Å²) in [5, 5.41) is 0.978. The minimum atomic E-state index is 0.978. The monoisotopic (exact) mass is 242 g/mol. The first kappa shape index (κ1) is 10.6. The van der Waals surface area contributed by atoms with Crippen LogP contribution < -0.4 is 4.74 Å². The second-order valence-corrected chi connectivity index (χ2v) is 3.98. The molecule has 2 heteroatoms. The van der Waals surface area contributed by atoms with Crippen LogP contribution in [0, 0.1) is 13.8 Å². The van der Waals surface area contributed by atoms with Crippen LogP contribution in [0.25, 0.3) is 0 Å². The minimum absolute atomic E-state index is 0.978. The number of methoxy groups -OCH3 is 1. The molecule has 0 aliphatic rings. The minimum Gasteiger partial charge on any atom is -0.496 e. The Labute approximate surface area is 88.2 Å². The Balaban J connectivity index is 3.09. The fraction of sp³-hybridized carbons (Fsp3) is 0.455. The fourth-order valence-corrected chi connectivity index (χ4v) is 1.76. The summed E-state index contributed by atoms with van der Waals surface area (Å²) in [6.07, 6.45) is 1.02. The topological polar surface area (TPSA) is 9.23 Å². The average Bonchev–Trinajstić information content (AvgIpc) is 2.11. The van der Waals surface area contributed by atoms with Gasteiger partial charge >= 0.3 is 0 Å². The van der Waals surface area contributed by atoms with Crippen LogP contribution in [0.3, 0.4) is 0 Å². The van der Waals surface area contributed by atoms with E-state index < -0.39 is 0 Å². The second kappa shape index (κ2) is 4.66. The summed E-state index contributed by atoms with van der Waals surface area (Å²) in [6, 6.07) is 4.31. The lowest BCUT2D eigenvalue weighted by Crippen LogP contribution is -1.95. The van der Waals surface area contributed by atoms with Gasteiger partial charge in [-0.3, -0.25) is 0 Å². The zero-order valence-electron chi connectivity index (χ0n) is 8.36. The van der Waals surface area contributed by atoms with Crippen molar-refractivity contribution in [2.24, 2.45) is 0 Å². The first-order valence-electron chi connectivity index (χ1n) is 4.39. The molecule has 72 valence electrons. The zero-order chi connectivity index (χ0) is 9.84. The highest BCUT2D eigenvalue weighted by Gasteiger charge is 2.04. The average molecular weight is 243 g/mol. The first-order chi connectivity index (χ1) is 6.19. The number of halogens is 1. The third-order valence-corrected chi connectivity index (χ3v) is 2.66. The van der Waals surface area contributed by atoms with E-state index in [9.17, 15) is 0 Å². The van der Waals surface area contributed by atoms with Gasteiger partial charge in [-0.15, -0.1) is 0 Å². The van der Waals surface area contributed by atoms with Crippen molar-refractivity contribution in [3.05, 3.63) is 28.8 Å². The molecule has 0 amide bonds. The van der Waals surface area contributed by atoms with Crippen molar-refractivity contribution in [2.45, 2.75) is 20.3 Å². The first-order valence-corrected chi connectivity index (χ1v) is 5.51. The number of hydrogen-bond donors (Lipinski definition) is 0. The lowest BCUT2D eigenvalue weighted by molar-refractivity contribution is 0.410.